The monoisotopic (exact) mass is 308 g/mol. The van der Waals surface area contributed by atoms with E-state index in [0.717, 1.165) is 27.8 Å². The molecule has 0 bridgehead atoms. The number of hydrogen-bond donors (Lipinski definition) is 1. The van der Waals surface area contributed by atoms with Gasteiger partial charge in [-0.3, -0.25) is 4.68 Å². The predicted molar refractivity (Wildman–Crippen MR) is 75.4 cm³/mol. The predicted octanol–water partition coefficient (Wildman–Crippen LogP) is 3.16. The Labute approximate surface area is 116 Å². The van der Waals surface area contributed by atoms with E-state index in [1.807, 2.05) is 49.0 Å². The molecule has 96 valence electrons. The molecule has 1 aromatic heterocycles. The molecule has 0 fully saturated rings. The Bertz CT molecular complexity index is 522. The summed E-state index contributed by atoms with van der Waals surface area (Å²) in [5.41, 5.74) is 3.08. The van der Waals surface area contributed by atoms with Crippen LogP contribution in [-0.2, 0) is 13.5 Å². The zero-order valence-corrected chi connectivity index (χ0v) is 12.2. The number of hydrogen-bond acceptors (Lipinski definition) is 2. The lowest BCUT2D eigenvalue weighted by Gasteiger charge is -2.11. The van der Waals surface area contributed by atoms with Crippen molar-refractivity contribution in [1.82, 2.24) is 9.78 Å². The van der Waals surface area contributed by atoms with Crippen molar-refractivity contribution in [2.24, 2.45) is 7.05 Å². The van der Waals surface area contributed by atoms with Gasteiger partial charge in [-0.25, -0.2) is 0 Å². The maximum absolute atomic E-state index is 10.1. The fraction of sp³-hybridized carbons (Fsp3) is 0.357. The number of aliphatic hydroxyl groups excluding tert-OH is 1. The van der Waals surface area contributed by atoms with E-state index in [-0.39, 0.29) is 0 Å². The van der Waals surface area contributed by atoms with Gasteiger partial charge in [0, 0.05) is 7.05 Å². The third-order valence-electron chi connectivity index (χ3n) is 3.10. The van der Waals surface area contributed by atoms with Crippen molar-refractivity contribution in [2.45, 2.75) is 25.9 Å². The fourth-order valence-corrected chi connectivity index (χ4v) is 2.60. The lowest BCUT2D eigenvalue weighted by atomic mass is 10.0. The lowest BCUT2D eigenvalue weighted by molar-refractivity contribution is 0.167. The first kappa shape index (κ1) is 13.3. The molecule has 2 aromatic rings. The van der Waals surface area contributed by atoms with E-state index in [2.05, 4.69) is 21.0 Å². The van der Waals surface area contributed by atoms with E-state index in [9.17, 15) is 5.11 Å². The fourth-order valence-electron chi connectivity index (χ4n) is 2.07. The van der Waals surface area contributed by atoms with Gasteiger partial charge in [-0.1, -0.05) is 30.3 Å². The maximum atomic E-state index is 10.1. The van der Waals surface area contributed by atoms with E-state index >= 15 is 0 Å². The van der Waals surface area contributed by atoms with Gasteiger partial charge in [0.2, 0.25) is 0 Å². The van der Waals surface area contributed by atoms with Crippen molar-refractivity contribution >= 4 is 15.9 Å². The number of halogens is 1. The van der Waals surface area contributed by atoms with E-state index in [0.29, 0.717) is 6.42 Å². The standard InChI is InChI=1S/C14H17BrN2O/c1-10-14(15)12(17(2)16-10)8-9-13(18)11-6-4-3-5-7-11/h3-7,13,18H,8-9H2,1-2H3. The number of aryl methyl sites for hydroxylation is 2. The highest BCUT2D eigenvalue weighted by molar-refractivity contribution is 9.10. The maximum Gasteiger partial charge on any atom is 0.0793 e. The third kappa shape index (κ3) is 2.82. The summed E-state index contributed by atoms with van der Waals surface area (Å²) in [6.07, 6.45) is 1.07. The molecule has 1 unspecified atom stereocenters. The smallest absolute Gasteiger partial charge is 0.0793 e. The molecule has 0 aliphatic carbocycles. The molecular weight excluding hydrogens is 292 g/mol. The van der Waals surface area contributed by atoms with Crippen LogP contribution in [0.1, 0.15) is 29.5 Å². The van der Waals surface area contributed by atoms with Gasteiger partial charge in [0.15, 0.2) is 0 Å². The number of benzene rings is 1. The summed E-state index contributed by atoms with van der Waals surface area (Å²) in [6, 6.07) is 9.76. The van der Waals surface area contributed by atoms with Crippen LogP contribution in [0.2, 0.25) is 0 Å². The van der Waals surface area contributed by atoms with Crippen molar-refractivity contribution in [2.75, 3.05) is 0 Å². The summed E-state index contributed by atoms with van der Waals surface area (Å²) in [4.78, 5) is 0. The third-order valence-corrected chi connectivity index (χ3v) is 4.13. The van der Waals surface area contributed by atoms with Gasteiger partial charge in [0.1, 0.15) is 0 Å². The second-order valence-electron chi connectivity index (χ2n) is 4.43. The largest absolute Gasteiger partial charge is 0.388 e. The minimum atomic E-state index is -0.423. The average Bonchev–Trinajstić information content (AvgIpc) is 2.62. The molecule has 0 aliphatic heterocycles. The van der Waals surface area contributed by atoms with Gasteiger partial charge < -0.3 is 5.11 Å². The van der Waals surface area contributed by atoms with Gasteiger partial charge >= 0.3 is 0 Å². The topological polar surface area (TPSA) is 38.0 Å². The molecule has 0 saturated heterocycles. The van der Waals surface area contributed by atoms with E-state index in [1.54, 1.807) is 0 Å². The molecule has 0 spiro atoms. The minimum Gasteiger partial charge on any atom is -0.388 e. The first-order valence-electron chi connectivity index (χ1n) is 6.00. The zero-order chi connectivity index (χ0) is 13.1. The summed E-state index contributed by atoms with van der Waals surface area (Å²) >= 11 is 3.54. The molecule has 4 heteroatoms. The average molecular weight is 309 g/mol. The van der Waals surface area contributed by atoms with E-state index in [4.69, 9.17) is 0 Å². The van der Waals surface area contributed by atoms with Crippen molar-refractivity contribution in [3.05, 3.63) is 51.8 Å². The Balaban J connectivity index is 2.04. The van der Waals surface area contributed by atoms with Crippen LogP contribution in [-0.4, -0.2) is 14.9 Å². The lowest BCUT2D eigenvalue weighted by Crippen LogP contribution is -2.03. The summed E-state index contributed by atoms with van der Waals surface area (Å²) < 4.78 is 2.92. The highest BCUT2D eigenvalue weighted by Gasteiger charge is 2.13. The van der Waals surface area contributed by atoms with Crippen LogP contribution in [0.4, 0.5) is 0 Å². The number of aromatic nitrogens is 2. The molecule has 1 heterocycles. The van der Waals surface area contributed by atoms with Gasteiger partial charge in [-0.2, -0.15) is 5.10 Å². The first-order valence-corrected chi connectivity index (χ1v) is 6.80. The number of aliphatic hydroxyl groups is 1. The molecule has 1 aromatic carbocycles. The summed E-state index contributed by atoms with van der Waals surface area (Å²) in [5.74, 6) is 0. The van der Waals surface area contributed by atoms with Crippen LogP contribution in [0.5, 0.6) is 0 Å². The van der Waals surface area contributed by atoms with Crippen LogP contribution >= 0.6 is 15.9 Å². The van der Waals surface area contributed by atoms with Crippen LogP contribution in [0.25, 0.3) is 0 Å². The quantitative estimate of drug-likeness (QED) is 0.942. The first-order chi connectivity index (χ1) is 8.59. The molecule has 0 aliphatic rings. The molecule has 0 amide bonds. The second-order valence-corrected chi connectivity index (χ2v) is 5.23. The molecule has 0 radical (unpaired) electrons. The Morgan fingerprint density at radius 3 is 2.56 bits per heavy atom. The molecule has 0 saturated carbocycles. The summed E-state index contributed by atoms with van der Waals surface area (Å²) in [6.45, 7) is 1.97. The van der Waals surface area contributed by atoms with Crippen LogP contribution in [0, 0.1) is 6.92 Å². The normalized spacial score (nSPS) is 12.7. The minimum absolute atomic E-state index is 0.423. The zero-order valence-electron chi connectivity index (χ0n) is 10.6. The molecule has 3 nitrogen and oxygen atoms in total. The van der Waals surface area contributed by atoms with Crippen LogP contribution in [0.15, 0.2) is 34.8 Å². The highest BCUT2D eigenvalue weighted by Crippen LogP contribution is 2.24. The number of rotatable bonds is 4. The number of nitrogens with zero attached hydrogens (tertiary/aromatic N) is 2. The Morgan fingerprint density at radius 2 is 2.00 bits per heavy atom. The summed E-state index contributed by atoms with van der Waals surface area (Å²) in [7, 11) is 1.93. The van der Waals surface area contributed by atoms with Crippen molar-refractivity contribution < 1.29 is 5.11 Å². The second kappa shape index (κ2) is 5.67. The van der Waals surface area contributed by atoms with Crippen molar-refractivity contribution in [3.63, 3.8) is 0 Å². The molecular formula is C14H17BrN2O. The van der Waals surface area contributed by atoms with Gasteiger partial charge in [0.25, 0.3) is 0 Å². The Hall–Kier alpha value is -1.13. The van der Waals surface area contributed by atoms with E-state index < -0.39 is 6.10 Å². The van der Waals surface area contributed by atoms with Gasteiger partial charge in [0.05, 0.1) is 22.0 Å². The SMILES string of the molecule is Cc1nn(C)c(CCC(O)c2ccccc2)c1Br. The molecule has 2 rings (SSSR count). The van der Waals surface area contributed by atoms with Crippen molar-refractivity contribution in [1.29, 1.82) is 0 Å². The van der Waals surface area contributed by atoms with Gasteiger partial charge in [-0.15, -0.1) is 0 Å². The van der Waals surface area contributed by atoms with Gasteiger partial charge in [-0.05, 0) is 41.3 Å². The Kier molecular flexibility index (Phi) is 4.19. The molecule has 1 N–H and O–H groups in total. The summed E-state index contributed by atoms with van der Waals surface area (Å²) in [5, 5.41) is 14.5. The Morgan fingerprint density at radius 1 is 1.33 bits per heavy atom. The molecule has 18 heavy (non-hydrogen) atoms. The van der Waals surface area contributed by atoms with E-state index in [1.165, 1.54) is 0 Å². The molecule has 1 atom stereocenters. The van der Waals surface area contributed by atoms with Crippen LogP contribution < -0.4 is 0 Å². The van der Waals surface area contributed by atoms with Crippen LogP contribution in [0.3, 0.4) is 0 Å². The highest BCUT2D eigenvalue weighted by atomic mass is 79.9. The van der Waals surface area contributed by atoms with Crippen molar-refractivity contribution in [3.8, 4) is 0 Å².